The Balaban J connectivity index is 3.21. The Morgan fingerprint density at radius 2 is 1.54 bits per heavy atom. The van der Waals surface area contributed by atoms with Crippen LogP contribution in [0.2, 0.25) is 19.6 Å². The molecule has 0 N–H and O–H groups in total. The molecule has 0 aromatic heterocycles. The first kappa shape index (κ1) is 13.0. The van der Waals surface area contributed by atoms with Crippen molar-refractivity contribution in [2.75, 3.05) is 0 Å². The summed E-state index contributed by atoms with van der Waals surface area (Å²) in [6.07, 6.45) is 10.7. The maximum absolute atomic E-state index is 2.47. The van der Waals surface area contributed by atoms with Crippen LogP contribution in [0.1, 0.15) is 45.4 Å². The fourth-order valence-corrected chi connectivity index (χ4v) is 2.18. The van der Waals surface area contributed by atoms with Gasteiger partial charge in [-0.15, -0.1) is 0 Å². The van der Waals surface area contributed by atoms with E-state index in [-0.39, 0.29) is 0 Å². The van der Waals surface area contributed by atoms with Crippen molar-refractivity contribution in [3.8, 4) is 0 Å². The van der Waals surface area contributed by atoms with Gasteiger partial charge in [-0.25, -0.2) is 0 Å². The maximum atomic E-state index is 2.47. The number of hydrogen-bond donors (Lipinski definition) is 0. The summed E-state index contributed by atoms with van der Waals surface area (Å²) in [6, 6.07) is 0. The van der Waals surface area contributed by atoms with E-state index in [0.29, 0.717) is 0 Å². The molecule has 13 heavy (non-hydrogen) atoms. The molecule has 0 aliphatic carbocycles. The summed E-state index contributed by atoms with van der Waals surface area (Å²) in [5, 5.41) is 0. The summed E-state index contributed by atoms with van der Waals surface area (Å²) in [6.45, 7) is 9.44. The van der Waals surface area contributed by atoms with E-state index in [1.165, 1.54) is 38.5 Å². The van der Waals surface area contributed by atoms with Crippen molar-refractivity contribution >= 4 is 8.07 Å². The molecule has 1 heteroatoms. The molecule has 0 rings (SSSR count). The fourth-order valence-electron chi connectivity index (χ4n) is 1.30. The molecule has 0 aliphatic heterocycles. The second-order valence-corrected chi connectivity index (χ2v) is 10.0. The summed E-state index contributed by atoms with van der Waals surface area (Å²) >= 11 is 0. The standard InChI is InChI=1S/C12H26Si/c1-5-6-7-8-9-10-11-12-13(2,3)4/h11-12H,5-10H2,1-4H3/b12-11+. The van der Waals surface area contributed by atoms with Gasteiger partial charge in [-0.3, -0.25) is 0 Å². The van der Waals surface area contributed by atoms with Crippen molar-refractivity contribution in [1.29, 1.82) is 0 Å². The van der Waals surface area contributed by atoms with Crippen LogP contribution < -0.4 is 0 Å². The zero-order chi connectivity index (χ0) is 10.2. The summed E-state index contributed by atoms with van der Waals surface area (Å²) in [5.41, 5.74) is 2.47. The Bertz CT molecular complexity index is 131. The highest BCUT2D eigenvalue weighted by Crippen LogP contribution is 2.07. The number of rotatable bonds is 7. The SMILES string of the molecule is CCCCCCC/C=C/[Si](C)(C)C. The van der Waals surface area contributed by atoms with Crippen molar-refractivity contribution in [2.24, 2.45) is 0 Å². The monoisotopic (exact) mass is 198 g/mol. The molecule has 0 aromatic rings. The van der Waals surface area contributed by atoms with Gasteiger partial charge in [0.15, 0.2) is 0 Å². The molecular formula is C12H26Si. The van der Waals surface area contributed by atoms with Gasteiger partial charge >= 0.3 is 0 Å². The Morgan fingerprint density at radius 1 is 0.923 bits per heavy atom. The molecule has 0 radical (unpaired) electrons. The third-order valence-electron chi connectivity index (χ3n) is 2.09. The van der Waals surface area contributed by atoms with Crippen molar-refractivity contribution < 1.29 is 0 Å². The van der Waals surface area contributed by atoms with E-state index in [9.17, 15) is 0 Å². The van der Waals surface area contributed by atoms with Gasteiger partial charge in [0.1, 0.15) is 0 Å². The maximum Gasteiger partial charge on any atom is 0.0682 e. The van der Waals surface area contributed by atoms with Crippen LogP contribution in [0.5, 0.6) is 0 Å². The largest absolute Gasteiger partial charge is 0.0989 e. The lowest BCUT2D eigenvalue weighted by atomic mass is 10.1. The van der Waals surface area contributed by atoms with Gasteiger partial charge in [-0.2, -0.15) is 0 Å². The van der Waals surface area contributed by atoms with E-state index in [0.717, 1.165) is 0 Å². The molecule has 0 saturated carbocycles. The first-order chi connectivity index (χ1) is 6.06. The van der Waals surface area contributed by atoms with Crippen LogP contribution in [-0.2, 0) is 0 Å². The topological polar surface area (TPSA) is 0 Å². The average molecular weight is 198 g/mol. The highest BCUT2D eigenvalue weighted by Gasteiger charge is 2.05. The van der Waals surface area contributed by atoms with Gasteiger partial charge in [0, 0.05) is 0 Å². The lowest BCUT2D eigenvalue weighted by Gasteiger charge is -2.07. The number of hydrogen-bond acceptors (Lipinski definition) is 0. The van der Waals surface area contributed by atoms with Gasteiger partial charge in [-0.05, 0) is 12.8 Å². The molecular weight excluding hydrogens is 172 g/mol. The Labute approximate surface area is 85.4 Å². The zero-order valence-electron chi connectivity index (χ0n) is 9.90. The van der Waals surface area contributed by atoms with Gasteiger partial charge in [0.2, 0.25) is 0 Å². The Kier molecular flexibility index (Phi) is 7.34. The van der Waals surface area contributed by atoms with E-state index in [4.69, 9.17) is 0 Å². The molecule has 0 saturated heterocycles. The van der Waals surface area contributed by atoms with Crippen molar-refractivity contribution in [3.63, 3.8) is 0 Å². The van der Waals surface area contributed by atoms with Gasteiger partial charge in [0.25, 0.3) is 0 Å². The lowest BCUT2D eigenvalue weighted by Crippen LogP contribution is -2.15. The number of unbranched alkanes of at least 4 members (excludes halogenated alkanes) is 5. The number of allylic oxidation sites excluding steroid dienone is 1. The molecule has 78 valence electrons. The minimum absolute atomic E-state index is 0.913. The van der Waals surface area contributed by atoms with Gasteiger partial charge in [0.05, 0.1) is 8.07 Å². The van der Waals surface area contributed by atoms with Crippen molar-refractivity contribution in [2.45, 2.75) is 65.1 Å². The summed E-state index contributed by atoms with van der Waals surface area (Å²) in [4.78, 5) is 0. The average Bonchev–Trinajstić information content (AvgIpc) is 2.01. The molecule has 0 atom stereocenters. The second-order valence-electron chi connectivity index (χ2n) is 4.97. The Hall–Kier alpha value is -0.0431. The first-order valence-electron chi connectivity index (χ1n) is 5.74. The quantitative estimate of drug-likeness (QED) is 0.408. The predicted molar refractivity (Wildman–Crippen MR) is 65.9 cm³/mol. The summed E-state index contributed by atoms with van der Waals surface area (Å²) in [7, 11) is -0.913. The minimum atomic E-state index is -0.913. The molecule has 0 unspecified atom stereocenters. The lowest BCUT2D eigenvalue weighted by molar-refractivity contribution is 0.637. The first-order valence-corrected chi connectivity index (χ1v) is 9.31. The highest BCUT2D eigenvalue weighted by molar-refractivity contribution is 6.80. The van der Waals surface area contributed by atoms with Crippen LogP contribution in [0.4, 0.5) is 0 Å². The van der Waals surface area contributed by atoms with Gasteiger partial charge < -0.3 is 0 Å². The van der Waals surface area contributed by atoms with E-state index in [1.54, 1.807) is 0 Å². The molecule has 0 nitrogen and oxygen atoms in total. The summed E-state index contributed by atoms with van der Waals surface area (Å²) < 4.78 is 0. The molecule has 0 heterocycles. The molecule has 0 aliphatic rings. The summed E-state index contributed by atoms with van der Waals surface area (Å²) in [5.74, 6) is 0. The smallest absolute Gasteiger partial charge is 0.0682 e. The van der Waals surface area contributed by atoms with E-state index < -0.39 is 8.07 Å². The van der Waals surface area contributed by atoms with E-state index in [2.05, 4.69) is 38.3 Å². The molecule has 0 aromatic carbocycles. The normalized spacial score (nSPS) is 12.6. The molecule has 0 bridgehead atoms. The van der Waals surface area contributed by atoms with Crippen LogP contribution in [0.3, 0.4) is 0 Å². The van der Waals surface area contributed by atoms with Crippen molar-refractivity contribution in [1.82, 2.24) is 0 Å². The highest BCUT2D eigenvalue weighted by atomic mass is 28.3. The Morgan fingerprint density at radius 3 is 2.08 bits per heavy atom. The predicted octanol–water partition coefficient (Wildman–Crippen LogP) is 4.78. The van der Waals surface area contributed by atoms with Crippen LogP contribution in [0.25, 0.3) is 0 Å². The van der Waals surface area contributed by atoms with Gasteiger partial charge in [-0.1, -0.05) is 64.0 Å². The van der Waals surface area contributed by atoms with Crippen LogP contribution in [-0.4, -0.2) is 8.07 Å². The van der Waals surface area contributed by atoms with Crippen molar-refractivity contribution in [3.05, 3.63) is 11.8 Å². The van der Waals surface area contributed by atoms with Crippen LogP contribution >= 0.6 is 0 Å². The molecule has 0 spiro atoms. The molecule has 0 amide bonds. The second kappa shape index (κ2) is 7.37. The third-order valence-corrected chi connectivity index (χ3v) is 3.33. The van der Waals surface area contributed by atoms with Crippen LogP contribution in [0, 0.1) is 0 Å². The van der Waals surface area contributed by atoms with Crippen LogP contribution in [0.15, 0.2) is 11.8 Å². The zero-order valence-corrected chi connectivity index (χ0v) is 10.9. The molecule has 0 fully saturated rings. The minimum Gasteiger partial charge on any atom is -0.0989 e. The third kappa shape index (κ3) is 12.0. The van der Waals surface area contributed by atoms with E-state index >= 15 is 0 Å². The fraction of sp³-hybridized carbons (Fsp3) is 0.833. The van der Waals surface area contributed by atoms with E-state index in [1.807, 2.05) is 0 Å².